The summed E-state index contributed by atoms with van der Waals surface area (Å²) in [6.45, 7) is 2.28. The molecule has 3 rings (SSSR count). The number of benzene rings is 1. The summed E-state index contributed by atoms with van der Waals surface area (Å²) in [5.74, 6) is 0.603. The first-order valence-electron chi connectivity index (χ1n) is 13.8. The third-order valence-corrected chi connectivity index (χ3v) is 6.81. The Labute approximate surface area is 228 Å². The Balaban J connectivity index is 1.23. The number of aromatic nitrogens is 2. The topological polar surface area (TPSA) is 148 Å². The maximum absolute atomic E-state index is 12.2. The highest BCUT2D eigenvalue weighted by molar-refractivity contribution is 5.69. The maximum atomic E-state index is 12.2. The fourth-order valence-electron chi connectivity index (χ4n) is 4.59. The van der Waals surface area contributed by atoms with E-state index in [1.54, 1.807) is 6.92 Å². The summed E-state index contributed by atoms with van der Waals surface area (Å²) in [4.78, 5) is 41.1. The van der Waals surface area contributed by atoms with Crippen molar-refractivity contribution < 1.29 is 19.0 Å². The van der Waals surface area contributed by atoms with Gasteiger partial charge in [0.1, 0.15) is 24.7 Å². The van der Waals surface area contributed by atoms with Crippen LogP contribution in [0.4, 0.5) is 0 Å². The van der Waals surface area contributed by atoms with Crippen LogP contribution in [0, 0.1) is 6.92 Å². The summed E-state index contributed by atoms with van der Waals surface area (Å²) < 4.78 is 18.2. The number of unbranched alkanes of at least 4 members (excludes halogenated alkanes) is 8. The quantitative estimate of drug-likeness (QED) is 0.0940. The molecule has 3 atom stereocenters. The van der Waals surface area contributed by atoms with Gasteiger partial charge in [0.25, 0.3) is 5.56 Å². The van der Waals surface area contributed by atoms with Gasteiger partial charge in [-0.3, -0.25) is 19.1 Å². The molecule has 1 aliphatic rings. The largest absolute Gasteiger partial charge is 0.494 e. The number of nitrogens with zero attached hydrogens (tertiary/aromatic N) is 4. The van der Waals surface area contributed by atoms with Gasteiger partial charge in [-0.15, -0.1) is 0 Å². The van der Waals surface area contributed by atoms with E-state index in [0.29, 0.717) is 12.0 Å². The van der Waals surface area contributed by atoms with Crippen LogP contribution in [0.25, 0.3) is 10.4 Å². The molecular weight excluding hydrogens is 502 g/mol. The van der Waals surface area contributed by atoms with Crippen molar-refractivity contribution >= 4 is 5.97 Å². The van der Waals surface area contributed by atoms with Crippen molar-refractivity contribution in [3.8, 4) is 5.75 Å². The summed E-state index contributed by atoms with van der Waals surface area (Å²) in [6, 6.07) is 9.29. The van der Waals surface area contributed by atoms with E-state index in [-0.39, 0.29) is 19.0 Å². The highest BCUT2D eigenvalue weighted by Gasteiger charge is 2.37. The van der Waals surface area contributed by atoms with Crippen LogP contribution in [0.5, 0.6) is 5.75 Å². The van der Waals surface area contributed by atoms with E-state index in [0.717, 1.165) is 44.5 Å². The second kappa shape index (κ2) is 16.4. The van der Waals surface area contributed by atoms with E-state index < -0.39 is 29.6 Å². The lowest BCUT2D eigenvalue weighted by Gasteiger charge is -2.17. The molecule has 1 aromatic carbocycles. The Morgan fingerprint density at radius 3 is 2.44 bits per heavy atom. The van der Waals surface area contributed by atoms with Crippen molar-refractivity contribution in [1.29, 1.82) is 0 Å². The van der Waals surface area contributed by atoms with Gasteiger partial charge >= 0.3 is 11.7 Å². The highest BCUT2D eigenvalue weighted by Crippen LogP contribution is 2.30. The molecule has 3 unspecified atom stereocenters. The van der Waals surface area contributed by atoms with Crippen LogP contribution >= 0.6 is 0 Å². The van der Waals surface area contributed by atoms with E-state index in [2.05, 4.69) is 15.0 Å². The van der Waals surface area contributed by atoms with Crippen LogP contribution in [-0.4, -0.2) is 40.9 Å². The number of hydrogen-bond acceptors (Lipinski definition) is 7. The van der Waals surface area contributed by atoms with E-state index in [1.165, 1.54) is 36.4 Å². The van der Waals surface area contributed by atoms with Crippen molar-refractivity contribution in [3.63, 3.8) is 0 Å². The highest BCUT2D eigenvalue weighted by atomic mass is 16.6. The number of carbonyl (C=O) groups is 1. The molecule has 212 valence electrons. The molecule has 1 saturated heterocycles. The molecule has 1 aromatic heterocycles. The number of nitrogens with one attached hydrogen (secondary N) is 1. The smallest absolute Gasteiger partial charge is 0.330 e. The van der Waals surface area contributed by atoms with E-state index >= 15 is 0 Å². The molecule has 11 heteroatoms. The summed E-state index contributed by atoms with van der Waals surface area (Å²) >= 11 is 0. The second-order valence-electron chi connectivity index (χ2n) is 9.89. The number of aromatic amines is 1. The zero-order valence-electron chi connectivity index (χ0n) is 22.6. The predicted molar refractivity (Wildman–Crippen MR) is 147 cm³/mol. The maximum Gasteiger partial charge on any atom is 0.330 e. The number of para-hydroxylation sites is 1. The molecule has 2 aromatic rings. The Morgan fingerprint density at radius 2 is 1.74 bits per heavy atom. The van der Waals surface area contributed by atoms with Crippen molar-refractivity contribution in [1.82, 2.24) is 9.55 Å². The minimum atomic E-state index is -0.727. The van der Waals surface area contributed by atoms with Gasteiger partial charge in [-0.2, -0.15) is 0 Å². The molecule has 0 amide bonds. The van der Waals surface area contributed by atoms with Crippen LogP contribution in [-0.2, 0) is 14.3 Å². The number of rotatable bonds is 17. The third-order valence-electron chi connectivity index (χ3n) is 6.81. The van der Waals surface area contributed by atoms with Crippen molar-refractivity contribution in [2.24, 2.45) is 5.11 Å². The van der Waals surface area contributed by atoms with Crippen LogP contribution in [0.2, 0.25) is 0 Å². The number of azide groups is 1. The lowest BCUT2D eigenvalue weighted by atomic mass is 10.1. The number of carbonyl (C=O) groups excluding carboxylic acids is 1. The Kier molecular flexibility index (Phi) is 12.6. The van der Waals surface area contributed by atoms with Gasteiger partial charge in [0.05, 0.1) is 12.6 Å². The van der Waals surface area contributed by atoms with E-state index in [1.807, 2.05) is 30.3 Å². The third kappa shape index (κ3) is 10.3. The fourth-order valence-corrected chi connectivity index (χ4v) is 4.59. The average Bonchev–Trinajstić information content (AvgIpc) is 3.33. The summed E-state index contributed by atoms with van der Waals surface area (Å²) in [6.07, 6.45) is 10.4. The summed E-state index contributed by atoms with van der Waals surface area (Å²) in [5, 5.41) is 3.74. The number of aryl methyl sites for hydroxylation is 1. The molecule has 0 spiro atoms. The predicted octanol–water partition coefficient (Wildman–Crippen LogP) is 5.33. The molecule has 2 heterocycles. The monoisotopic (exact) mass is 541 g/mol. The minimum absolute atomic E-state index is 0.0630. The van der Waals surface area contributed by atoms with Gasteiger partial charge in [-0.05, 0) is 37.4 Å². The standard InChI is InChI=1S/C28H39N5O6/c1-21-19-33(28(36)30-27(21)35)25-18-23(31-32-29)24(39-25)20-38-26(34)16-12-7-5-3-2-4-6-8-13-17-37-22-14-10-9-11-15-22/h9-11,14-15,19,23-25H,2-8,12-13,16-18,20H2,1H3,(H,30,35,36). The zero-order chi connectivity index (χ0) is 27.9. The van der Waals surface area contributed by atoms with Gasteiger partial charge in [0.15, 0.2) is 0 Å². The van der Waals surface area contributed by atoms with Gasteiger partial charge in [-0.1, -0.05) is 68.3 Å². The molecule has 11 nitrogen and oxygen atoms in total. The molecule has 1 fully saturated rings. The summed E-state index contributed by atoms with van der Waals surface area (Å²) in [7, 11) is 0. The average molecular weight is 542 g/mol. The normalized spacial score (nSPS) is 18.4. The first-order chi connectivity index (χ1) is 19.0. The van der Waals surface area contributed by atoms with Gasteiger partial charge in [0.2, 0.25) is 0 Å². The van der Waals surface area contributed by atoms with Crippen molar-refractivity contribution in [2.75, 3.05) is 13.2 Å². The van der Waals surface area contributed by atoms with Crippen LogP contribution in [0.15, 0.2) is 51.2 Å². The van der Waals surface area contributed by atoms with Crippen LogP contribution in [0.3, 0.4) is 0 Å². The molecular formula is C28H39N5O6. The van der Waals surface area contributed by atoms with Crippen LogP contribution < -0.4 is 16.0 Å². The minimum Gasteiger partial charge on any atom is -0.494 e. The molecule has 39 heavy (non-hydrogen) atoms. The number of H-pyrrole nitrogens is 1. The Hall–Kier alpha value is -3.56. The first kappa shape index (κ1) is 30.0. The number of hydrogen-bond donors (Lipinski definition) is 1. The molecule has 1 aliphatic heterocycles. The Bertz CT molecular complexity index is 1190. The molecule has 0 radical (unpaired) electrons. The van der Waals surface area contributed by atoms with Gasteiger partial charge < -0.3 is 14.2 Å². The zero-order valence-corrected chi connectivity index (χ0v) is 22.6. The molecule has 1 N–H and O–H groups in total. The number of esters is 1. The van der Waals surface area contributed by atoms with Crippen molar-refractivity contribution in [2.45, 2.75) is 95.9 Å². The van der Waals surface area contributed by atoms with Gasteiger partial charge in [0, 0.05) is 29.5 Å². The SMILES string of the molecule is Cc1cn(C2CC(N=[N+]=[N-])C(COC(=O)CCCCCCCCCCCOc3ccccc3)O2)c(=O)[nH]c1=O. The molecule has 0 bridgehead atoms. The van der Waals surface area contributed by atoms with Gasteiger partial charge in [-0.25, -0.2) is 4.79 Å². The first-order valence-corrected chi connectivity index (χ1v) is 13.8. The van der Waals surface area contributed by atoms with E-state index in [9.17, 15) is 14.4 Å². The lowest BCUT2D eigenvalue weighted by Crippen LogP contribution is -2.33. The fraction of sp³-hybridized carbons (Fsp3) is 0.607. The molecule has 0 aliphatic carbocycles. The number of ether oxygens (including phenoxy) is 3. The lowest BCUT2D eigenvalue weighted by molar-refractivity contribution is -0.148. The van der Waals surface area contributed by atoms with Crippen molar-refractivity contribution in [3.05, 3.63) is 73.4 Å². The van der Waals surface area contributed by atoms with E-state index in [4.69, 9.17) is 19.7 Å². The summed E-state index contributed by atoms with van der Waals surface area (Å²) in [5.41, 5.74) is 8.18. The molecule has 0 saturated carbocycles. The van der Waals surface area contributed by atoms with Crippen LogP contribution in [0.1, 0.15) is 82.4 Å². The Morgan fingerprint density at radius 1 is 1.08 bits per heavy atom. The second-order valence-corrected chi connectivity index (χ2v) is 9.89.